The molecule has 0 aromatic rings. The number of hydrogen-bond acceptors (Lipinski definition) is 3. The fraction of sp³-hybridized carbons (Fsp3) is 0.818. The van der Waals surface area contributed by atoms with E-state index in [1.54, 1.807) is 6.92 Å². The summed E-state index contributed by atoms with van der Waals surface area (Å²) >= 11 is 0. The maximum absolute atomic E-state index is 11.6. The topological polar surface area (TPSA) is 75.6 Å². The Morgan fingerprint density at radius 1 is 1.50 bits per heavy atom. The number of carbonyl (C=O) groups is 2. The number of amides is 1. The zero-order valence-electron chi connectivity index (χ0n) is 9.73. The van der Waals surface area contributed by atoms with E-state index in [2.05, 4.69) is 5.32 Å². The minimum absolute atomic E-state index is 0.0319. The Kier molecular flexibility index (Phi) is 4.73. The molecule has 1 aliphatic heterocycles. The largest absolute Gasteiger partial charge is 0.481 e. The lowest BCUT2D eigenvalue weighted by atomic mass is 10.0. The molecule has 0 aliphatic carbocycles. The van der Waals surface area contributed by atoms with Gasteiger partial charge in [0.25, 0.3) is 0 Å². The standard InChI is InChI=1S/C11H19NO4/c1-7(6-11(14)15)5-10(13)12-9-3-4-16-8(9)2/h7-9H,3-6H2,1-2H3,(H,12,13)(H,14,15). The van der Waals surface area contributed by atoms with E-state index >= 15 is 0 Å². The van der Waals surface area contributed by atoms with E-state index in [-0.39, 0.29) is 36.8 Å². The first-order valence-corrected chi connectivity index (χ1v) is 5.61. The number of carboxylic acid groups (broad SMARTS) is 1. The molecule has 1 saturated heterocycles. The predicted octanol–water partition coefficient (Wildman–Crippen LogP) is 0.781. The van der Waals surface area contributed by atoms with Gasteiger partial charge in [-0.05, 0) is 19.3 Å². The van der Waals surface area contributed by atoms with Crippen molar-refractivity contribution >= 4 is 11.9 Å². The zero-order valence-corrected chi connectivity index (χ0v) is 9.73. The molecule has 1 amide bonds. The molecule has 3 unspecified atom stereocenters. The van der Waals surface area contributed by atoms with E-state index in [9.17, 15) is 9.59 Å². The van der Waals surface area contributed by atoms with Gasteiger partial charge in [-0.25, -0.2) is 0 Å². The number of carboxylic acids is 1. The summed E-state index contributed by atoms with van der Waals surface area (Å²) < 4.78 is 5.33. The second-order valence-corrected chi connectivity index (χ2v) is 4.45. The van der Waals surface area contributed by atoms with Crippen molar-refractivity contribution in [3.63, 3.8) is 0 Å². The SMILES string of the molecule is CC(CC(=O)O)CC(=O)NC1CCOC1C. The highest BCUT2D eigenvalue weighted by Crippen LogP contribution is 2.14. The molecule has 0 aromatic carbocycles. The van der Waals surface area contributed by atoms with Crippen LogP contribution in [0.3, 0.4) is 0 Å². The highest BCUT2D eigenvalue weighted by molar-refractivity contribution is 5.77. The maximum Gasteiger partial charge on any atom is 0.303 e. The summed E-state index contributed by atoms with van der Waals surface area (Å²) in [6.07, 6.45) is 1.18. The van der Waals surface area contributed by atoms with Gasteiger partial charge in [-0.1, -0.05) is 6.92 Å². The molecule has 0 spiro atoms. The van der Waals surface area contributed by atoms with Crippen LogP contribution < -0.4 is 5.32 Å². The van der Waals surface area contributed by atoms with Crippen molar-refractivity contribution in [1.29, 1.82) is 0 Å². The van der Waals surface area contributed by atoms with Crippen LogP contribution in [0.2, 0.25) is 0 Å². The van der Waals surface area contributed by atoms with Gasteiger partial charge in [-0.15, -0.1) is 0 Å². The number of carbonyl (C=O) groups excluding carboxylic acids is 1. The fourth-order valence-electron chi connectivity index (χ4n) is 1.87. The first-order chi connectivity index (χ1) is 7.49. The lowest BCUT2D eigenvalue weighted by molar-refractivity contribution is -0.138. The molecule has 0 radical (unpaired) electrons. The average molecular weight is 229 g/mol. The van der Waals surface area contributed by atoms with Gasteiger partial charge in [-0.2, -0.15) is 0 Å². The van der Waals surface area contributed by atoms with Crippen LogP contribution in [0, 0.1) is 5.92 Å². The third-order valence-electron chi connectivity index (χ3n) is 2.78. The number of rotatable bonds is 5. The first-order valence-electron chi connectivity index (χ1n) is 5.61. The Morgan fingerprint density at radius 3 is 2.69 bits per heavy atom. The Bertz CT molecular complexity index is 267. The average Bonchev–Trinajstić information content (AvgIpc) is 2.49. The fourth-order valence-corrected chi connectivity index (χ4v) is 1.87. The molecule has 5 nitrogen and oxygen atoms in total. The van der Waals surface area contributed by atoms with Crippen molar-refractivity contribution in [1.82, 2.24) is 5.32 Å². The van der Waals surface area contributed by atoms with Crippen molar-refractivity contribution < 1.29 is 19.4 Å². The molecule has 2 N–H and O–H groups in total. The second kappa shape index (κ2) is 5.84. The Morgan fingerprint density at radius 2 is 2.19 bits per heavy atom. The molecule has 1 fully saturated rings. The van der Waals surface area contributed by atoms with Crippen LogP contribution in [0.15, 0.2) is 0 Å². The van der Waals surface area contributed by atoms with E-state index in [0.29, 0.717) is 6.61 Å². The van der Waals surface area contributed by atoms with Crippen LogP contribution >= 0.6 is 0 Å². The monoisotopic (exact) mass is 229 g/mol. The van der Waals surface area contributed by atoms with Crippen molar-refractivity contribution in [2.75, 3.05) is 6.61 Å². The molecule has 16 heavy (non-hydrogen) atoms. The number of hydrogen-bond donors (Lipinski definition) is 2. The lowest BCUT2D eigenvalue weighted by Crippen LogP contribution is -2.39. The molecule has 92 valence electrons. The molecular formula is C11H19NO4. The number of aliphatic carboxylic acids is 1. The Labute approximate surface area is 95.2 Å². The van der Waals surface area contributed by atoms with Crippen LogP contribution in [0.25, 0.3) is 0 Å². The molecule has 0 saturated carbocycles. The van der Waals surface area contributed by atoms with Crippen LogP contribution in [0.4, 0.5) is 0 Å². The zero-order chi connectivity index (χ0) is 12.1. The summed E-state index contributed by atoms with van der Waals surface area (Å²) in [5.41, 5.74) is 0. The predicted molar refractivity (Wildman–Crippen MR) is 58.0 cm³/mol. The summed E-state index contributed by atoms with van der Waals surface area (Å²) in [6, 6.07) is 0.0736. The van der Waals surface area contributed by atoms with Crippen LogP contribution in [0.1, 0.15) is 33.1 Å². The van der Waals surface area contributed by atoms with Gasteiger partial charge in [0.15, 0.2) is 0 Å². The summed E-state index contributed by atoms with van der Waals surface area (Å²) in [6.45, 7) is 4.37. The normalized spacial score (nSPS) is 26.4. The van der Waals surface area contributed by atoms with Crippen molar-refractivity contribution in [3.05, 3.63) is 0 Å². The second-order valence-electron chi connectivity index (χ2n) is 4.45. The molecule has 5 heteroatoms. The molecule has 1 aliphatic rings. The summed E-state index contributed by atoms with van der Waals surface area (Å²) in [5, 5.41) is 11.4. The van der Waals surface area contributed by atoms with Gasteiger partial charge >= 0.3 is 5.97 Å². The minimum atomic E-state index is -0.863. The lowest BCUT2D eigenvalue weighted by Gasteiger charge is -2.17. The van der Waals surface area contributed by atoms with Crippen molar-refractivity contribution in [2.24, 2.45) is 5.92 Å². The van der Waals surface area contributed by atoms with Gasteiger partial charge in [-0.3, -0.25) is 9.59 Å². The molecule has 0 bridgehead atoms. The van der Waals surface area contributed by atoms with Gasteiger partial charge in [0.05, 0.1) is 12.1 Å². The van der Waals surface area contributed by atoms with E-state index in [1.807, 2.05) is 6.92 Å². The number of nitrogens with one attached hydrogen (secondary N) is 1. The van der Waals surface area contributed by atoms with Gasteiger partial charge < -0.3 is 15.2 Å². The van der Waals surface area contributed by atoms with Crippen molar-refractivity contribution in [2.45, 2.75) is 45.3 Å². The molecule has 0 aromatic heterocycles. The Hall–Kier alpha value is -1.10. The van der Waals surface area contributed by atoms with Crippen LogP contribution in [0.5, 0.6) is 0 Å². The quantitative estimate of drug-likeness (QED) is 0.730. The van der Waals surface area contributed by atoms with E-state index < -0.39 is 5.97 Å². The van der Waals surface area contributed by atoms with Crippen LogP contribution in [-0.4, -0.2) is 35.7 Å². The van der Waals surface area contributed by atoms with Gasteiger partial charge in [0, 0.05) is 19.4 Å². The summed E-state index contributed by atoms with van der Waals surface area (Å²) in [7, 11) is 0. The molecule has 1 heterocycles. The maximum atomic E-state index is 11.6. The van der Waals surface area contributed by atoms with E-state index in [0.717, 1.165) is 6.42 Å². The molecule has 1 rings (SSSR count). The third kappa shape index (κ3) is 4.18. The van der Waals surface area contributed by atoms with Crippen LogP contribution in [-0.2, 0) is 14.3 Å². The smallest absolute Gasteiger partial charge is 0.303 e. The van der Waals surface area contributed by atoms with Crippen molar-refractivity contribution in [3.8, 4) is 0 Å². The summed E-state index contributed by atoms with van der Waals surface area (Å²) in [4.78, 5) is 22.0. The highest BCUT2D eigenvalue weighted by atomic mass is 16.5. The number of ether oxygens (including phenoxy) is 1. The van der Waals surface area contributed by atoms with Gasteiger partial charge in [0.2, 0.25) is 5.91 Å². The first kappa shape index (κ1) is 13.0. The minimum Gasteiger partial charge on any atom is -0.481 e. The molecular weight excluding hydrogens is 210 g/mol. The van der Waals surface area contributed by atoms with Gasteiger partial charge in [0.1, 0.15) is 0 Å². The summed E-state index contributed by atoms with van der Waals surface area (Å²) in [5.74, 6) is -1.08. The van der Waals surface area contributed by atoms with E-state index in [4.69, 9.17) is 9.84 Å². The highest BCUT2D eigenvalue weighted by Gasteiger charge is 2.26. The third-order valence-corrected chi connectivity index (χ3v) is 2.78. The molecule has 3 atom stereocenters. The Balaban J connectivity index is 2.27. The van der Waals surface area contributed by atoms with E-state index in [1.165, 1.54) is 0 Å².